The maximum atomic E-state index is 12.9. The number of anilines is 2. The van der Waals surface area contributed by atoms with Crippen LogP contribution in [-0.4, -0.2) is 22.8 Å². The molecular weight excluding hydrogens is 434 g/mol. The van der Waals surface area contributed by atoms with Crippen molar-refractivity contribution in [1.82, 2.24) is 0 Å². The van der Waals surface area contributed by atoms with Crippen molar-refractivity contribution >= 4 is 35.0 Å². The molecule has 34 heavy (non-hydrogen) atoms. The fraction of sp³-hybridized carbons (Fsp3) is 0.154. The monoisotopic (exact) mass is 457 g/mol. The quantitative estimate of drug-likeness (QED) is 0.323. The number of hydrogen-bond acceptors (Lipinski definition) is 5. The van der Waals surface area contributed by atoms with Gasteiger partial charge in [0.2, 0.25) is 5.91 Å². The predicted molar refractivity (Wildman–Crippen MR) is 130 cm³/mol. The first-order valence-corrected chi connectivity index (χ1v) is 10.7. The van der Waals surface area contributed by atoms with Gasteiger partial charge in [0.05, 0.1) is 17.2 Å². The molecule has 3 aromatic carbocycles. The molecule has 1 aliphatic heterocycles. The number of non-ortho nitro benzene ring substituents is 1. The molecule has 1 N–H and O–H groups in total. The number of ether oxygens (including phenoxy) is 1. The lowest BCUT2D eigenvalue weighted by molar-refractivity contribution is -0.384. The minimum Gasteiger partial charge on any atom is -0.479 e. The van der Waals surface area contributed by atoms with Crippen LogP contribution in [0, 0.1) is 17.0 Å². The molecule has 1 aliphatic rings. The standard InChI is InChI=1S/C26H23N3O5/c1-17-3-5-20(6-4-17)16-28-23-15-21(10-13-24(23)34-18(2)26(28)31)27-25(30)14-9-19-7-11-22(12-8-19)29(32)33/h3-15,18H,16H2,1-2H3,(H,27,30)/b14-9+. The smallest absolute Gasteiger partial charge is 0.269 e. The average Bonchev–Trinajstić information content (AvgIpc) is 2.82. The lowest BCUT2D eigenvalue weighted by Crippen LogP contribution is -2.44. The highest BCUT2D eigenvalue weighted by molar-refractivity contribution is 6.04. The number of carbonyl (C=O) groups is 2. The lowest BCUT2D eigenvalue weighted by Gasteiger charge is -2.33. The molecule has 0 aromatic heterocycles. The van der Waals surface area contributed by atoms with Gasteiger partial charge in [-0.2, -0.15) is 0 Å². The molecule has 0 saturated carbocycles. The van der Waals surface area contributed by atoms with Gasteiger partial charge in [-0.1, -0.05) is 29.8 Å². The van der Waals surface area contributed by atoms with Crippen LogP contribution >= 0.6 is 0 Å². The molecule has 1 heterocycles. The van der Waals surface area contributed by atoms with Gasteiger partial charge in [0.1, 0.15) is 5.75 Å². The predicted octanol–water partition coefficient (Wildman–Crippen LogP) is 4.87. The van der Waals surface area contributed by atoms with Gasteiger partial charge in [0, 0.05) is 23.9 Å². The molecule has 2 amide bonds. The van der Waals surface area contributed by atoms with Gasteiger partial charge in [-0.25, -0.2) is 0 Å². The van der Waals surface area contributed by atoms with Crippen molar-refractivity contribution in [3.63, 3.8) is 0 Å². The Bertz CT molecular complexity index is 1270. The van der Waals surface area contributed by atoms with Gasteiger partial charge in [-0.05, 0) is 61.4 Å². The van der Waals surface area contributed by atoms with Crippen molar-refractivity contribution in [3.8, 4) is 5.75 Å². The fourth-order valence-corrected chi connectivity index (χ4v) is 3.59. The maximum Gasteiger partial charge on any atom is 0.269 e. The molecule has 0 spiro atoms. The van der Waals surface area contributed by atoms with Crippen LogP contribution < -0.4 is 15.0 Å². The van der Waals surface area contributed by atoms with E-state index in [0.717, 1.165) is 11.1 Å². The van der Waals surface area contributed by atoms with E-state index in [4.69, 9.17) is 4.74 Å². The molecule has 0 bridgehead atoms. The summed E-state index contributed by atoms with van der Waals surface area (Å²) in [7, 11) is 0. The van der Waals surface area contributed by atoms with Crippen LogP contribution in [-0.2, 0) is 16.1 Å². The van der Waals surface area contributed by atoms with Crippen LogP contribution in [0.2, 0.25) is 0 Å². The second-order valence-electron chi connectivity index (χ2n) is 8.02. The first-order valence-electron chi connectivity index (χ1n) is 10.7. The number of hydrogen-bond donors (Lipinski definition) is 1. The molecule has 0 aliphatic carbocycles. The van der Waals surface area contributed by atoms with Crippen LogP contribution in [0.25, 0.3) is 6.08 Å². The van der Waals surface area contributed by atoms with Gasteiger partial charge in [-0.15, -0.1) is 0 Å². The van der Waals surface area contributed by atoms with Crippen molar-refractivity contribution in [2.45, 2.75) is 26.5 Å². The Morgan fingerprint density at radius 3 is 2.50 bits per heavy atom. The minimum atomic E-state index is -0.608. The summed E-state index contributed by atoms with van der Waals surface area (Å²) < 4.78 is 5.76. The van der Waals surface area contributed by atoms with Gasteiger partial charge >= 0.3 is 0 Å². The SMILES string of the molecule is Cc1ccc(CN2C(=O)C(C)Oc3ccc(NC(=O)/C=C/c4ccc([N+](=O)[O-])cc4)cc32)cc1. The van der Waals surface area contributed by atoms with Crippen LogP contribution in [0.15, 0.2) is 72.8 Å². The molecule has 172 valence electrons. The van der Waals surface area contributed by atoms with E-state index in [0.29, 0.717) is 29.2 Å². The zero-order chi connectivity index (χ0) is 24.2. The molecule has 8 nitrogen and oxygen atoms in total. The summed E-state index contributed by atoms with van der Waals surface area (Å²) in [6.45, 7) is 4.11. The van der Waals surface area contributed by atoms with Crippen molar-refractivity contribution in [3.05, 3.63) is 99.6 Å². The van der Waals surface area contributed by atoms with E-state index in [1.54, 1.807) is 48.2 Å². The molecule has 3 aromatic rings. The highest BCUT2D eigenvalue weighted by Gasteiger charge is 2.31. The summed E-state index contributed by atoms with van der Waals surface area (Å²) >= 11 is 0. The van der Waals surface area contributed by atoms with E-state index in [2.05, 4.69) is 5.32 Å². The van der Waals surface area contributed by atoms with Crippen LogP contribution in [0.3, 0.4) is 0 Å². The Kier molecular flexibility index (Phi) is 6.40. The fourth-order valence-electron chi connectivity index (χ4n) is 3.59. The molecular formula is C26H23N3O5. The number of benzene rings is 3. The Balaban J connectivity index is 1.51. The molecule has 1 unspecified atom stereocenters. The third-order valence-corrected chi connectivity index (χ3v) is 5.43. The number of fused-ring (bicyclic) bond motifs is 1. The van der Waals surface area contributed by atoms with Gasteiger partial charge in [-0.3, -0.25) is 19.7 Å². The summed E-state index contributed by atoms with van der Waals surface area (Å²) in [4.78, 5) is 37.2. The minimum absolute atomic E-state index is 0.0167. The third-order valence-electron chi connectivity index (χ3n) is 5.43. The summed E-state index contributed by atoms with van der Waals surface area (Å²) in [6, 6.07) is 19.0. The lowest BCUT2D eigenvalue weighted by atomic mass is 10.1. The molecule has 0 radical (unpaired) electrons. The zero-order valence-corrected chi connectivity index (χ0v) is 18.7. The Morgan fingerprint density at radius 2 is 1.82 bits per heavy atom. The number of nitrogens with zero attached hydrogens (tertiary/aromatic N) is 2. The van der Waals surface area contributed by atoms with Crippen molar-refractivity contribution < 1.29 is 19.2 Å². The number of carbonyl (C=O) groups excluding carboxylic acids is 2. The highest BCUT2D eigenvalue weighted by atomic mass is 16.6. The van der Waals surface area contributed by atoms with E-state index in [-0.39, 0.29) is 17.5 Å². The van der Waals surface area contributed by atoms with E-state index < -0.39 is 11.0 Å². The van der Waals surface area contributed by atoms with E-state index in [1.807, 2.05) is 31.2 Å². The molecule has 1 atom stereocenters. The number of nitrogens with one attached hydrogen (secondary N) is 1. The van der Waals surface area contributed by atoms with Crippen molar-refractivity contribution in [2.75, 3.05) is 10.2 Å². The summed E-state index contributed by atoms with van der Waals surface area (Å²) in [5.41, 5.74) is 3.86. The van der Waals surface area contributed by atoms with Gasteiger partial charge < -0.3 is 15.0 Å². The zero-order valence-electron chi connectivity index (χ0n) is 18.7. The normalized spacial score (nSPS) is 15.1. The first kappa shape index (κ1) is 22.7. The number of nitro benzene ring substituents is 1. The summed E-state index contributed by atoms with van der Waals surface area (Å²) in [5, 5.41) is 13.5. The Labute approximate surface area is 196 Å². The summed E-state index contributed by atoms with van der Waals surface area (Å²) in [5.74, 6) is 0.0352. The maximum absolute atomic E-state index is 12.9. The highest BCUT2D eigenvalue weighted by Crippen LogP contribution is 2.37. The number of rotatable bonds is 6. The van der Waals surface area contributed by atoms with Crippen molar-refractivity contribution in [1.29, 1.82) is 0 Å². The average molecular weight is 457 g/mol. The third kappa shape index (κ3) is 5.12. The van der Waals surface area contributed by atoms with E-state index in [1.165, 1.54) is 18.2 Å². The number of nitro groups is 1. The first-order chi connectivity index (χ1) is 16.3. The second kappa shape index (κ2) is 9.58. The van der Waals surface area contributed by atoms with Gasteiger partial charge in [0.15, 0.2) is 6.10 Å². The second-order valence-corrected chi connectivity index (χ2v) is 8.02. The molecule has 0 saturated heterocycles. The Morgan fingerprint density at radius 1 is 1.12 bits per heavy atom. The number of aryl methyl sites for hydroxylation is 1. The molecule has 4 rings (SSSR count). The molecule has 0 fully saturated rings. The van der Waals surface area contributed by atoms with Crippen LogP contribution in [0.5, 0.6) is 5.75 Å². The van der Waals surface area contributed by atoms with Gasteiger partial charge in [0.25, 0.3) is 11.6 Å². The number of amides is 2. The summed E-state index contributed by atoms with van der Waals surface area (Å²) in [6.07, 6.45) is 2.30. The topological polar surface area (TPSA) is 102 Å². The van der Waals surface area contributed by atoms with E-state index in [9.17, 15) is 19.7 Å². The van der Waals surface area contributed by atoms with Crippen molar-refractivity contribution in [2.24, 2.45) is 0 Å². The van der Waals surface area contributed by atoms with Crippen LogP contribution in [0.4, 0.5) is 17.1 Å². The Hall–Kier alpha value is -4.46. The largest absolute Gasteiger partial charge is 0.479 e. The van der Waals surface area contributed by atoms with Crippen LogP contribution in [0.1, 0.15) is 23.6 Å². The molecule has 8 heteroatoms. The van der Waals surface area contributed by atoms with E-state index >= 15 is 0 Å².